The molecule has 0 saturated heterocycles. The average molecular weight is 1090 g/mol. The Balaban J connectivity index is 1.04. The lowest BCUT2D eigenvalue weighted by atomic mass is 9.34. The van der Waals surface area contributed by atoms with E-state index in [0.29, 0.717) is 0 Å². The highest BCUT2D eigenvalue weighted by Crippen LogP contribution is 2.54. The summed E-state index contributed by atoms with van der Waals surface area (Å²) in [6.45, 7) is -0.0741. The highest BCUT2D eigenvalue weighted by molar-refractivity contribution is 7.01. The highest BCUT2D eigenvalue weighted by Gasteiger charge is 2.46. The Kier molecular flexibility index (Phi) is 9.98. The van der Waals surface area contributed by atoms with Crippen LogP contribution < -0.4 is 52.4 Å². The summed E-state index contributed by atoms with van der Waals surface area (Å²) < 4.78 is 5.31. The fraction of sp³-hybridized carbons (Fsp3) is 0. The smallest absolute Gasteiger partial charge is 0.252 e. The molecular formula is C78H50B2N6. The molecule has 0 fully saturated rings. The van der Waals surface area contributed by atoms with Crippen molar-refractivity contribution in [2.24, 2.45) is 0 Å². The molecule has 2 aromatic heterocycles. The molecule has 15 aromatic rings. The molecule has 0 aliphatic carbocycles. The van der Waals surface area contributed by atoms with Gasteiger partial charge in [-0.25, -0.2) is 0 Å². The maximum absolute atomic E-state index is 2.65. The molecule has 6 nitrogen and oxygen atoms in total. The van der Waals surface area contributed by atoms with E-state index in [1.54, 1.807) is 0 Å². The normalized spacial score (nSPS) is 13.0. The highest BCUT2D eigenvalue weighted by atomic mass is 15.2. The van der Waals surface area contributed by atoms with Crippen LogP contribution in [0.4, 0.5) is 68.2 Å². The number of fused-ring (bicyclic) bond motifs is 16. The van der Waals surface area contributed by atoms with E-state index in [1.807, 2.05) is 0 Å². The first-order chi connectivity index (χ1) is 42.8. The van der Waals surface area contributed by atoms with E-state index >= 15 is 0 Å². The van der Waals surface area contributed by atoms with Crippen LogP contribution in [0.25, 0.3) is 55.0 Å². The van der Waals surface area contributed by atoms with Crippen molar-refractivity contribution in [1.29, 1.82) is 0 Å². The van der Waals surface area contributed by atoms with Gasteiger partial charge >= 0.3 is 0 Å². The minimum atomic E-state index is -0.0371. The van der Waals surface area contributed by atoms with Crippen LogP contribution in [-0.4, -0.2) is 22.6 Å². The van der Waals surface area contributed by atoms with Gasteiger partial charge in [0.25, 0.3) is 13.4 Å². The molecule has 0 radical (unpaired) electrons. The Hall–Kier alpha value is -11.2. The van der Waals surface area contributed by atoms with E-state index in [4.69, 9.17) is 0 Å². The molecule has 0 saturated carbocycles. The van der Waals surface area contributed by atoms with Crippen molar-refractivity contribution in [3.8, 4) is 11.4 Å². The number of benzene rings is 13. The van der Waals surface area contributed by atoms with E-state index < -0.39 is 0 Å². The van der Waals surface area contributed by atoms with Gasteiger partial charge in [-0.1, -0.05) is 182 Å². The summed E-state index contributed by atoms with van der Waals surface area (Å²) in [6.07, 6.45) is 0. The Bertz CT molecular complexity index is 4850. The molecule has 8 heteroatoms. The molecule has 13 aromatic carbocycles. The Labute approximate surface area is 498 Å². The number of rotatable bonds is 8. The summed E-state index contributed by atoms with van der Waals surface area (Å²) in [7, 11) is 0. The number of para-hydroxylation sites is 10. The number of aromatic nitrogens is 2. The van der Waals surface area contributed by atoms with Crippen molar-refractivity contribution in [3.05, 3.63) is 303 Å². The Morgan fingerprint density at radius 2 is 0.535 bits per heavy atom. The monoisotopic (exact) mass is 1090 g/mol. The van der Waals surface area contributed by atoms with E-state index in [-0.39, 0.29) is 13.4 Å². The van der Waals surface area contributed by atoms with Crippen LogP contribution in [0.5, 0.6) is 0 Å². The van der Waals surface area contributed by atoms with E-state index in [0.717, 1.165) is 56.5 Å². The Morgan fingerprint density at radius 3 is 0.872 bits per heavy atom. The molecule has 86 heavy (non-hydrogen) atoms. The summed E-state index contributed by atoms with van der Waals surface area (Å²) in [5, 5.41) is 4.80. The molecule has 0 atom stereocenters. The third-order valence-corrected chi connectivity index (χ3v) is 18.8. The molecule has 0 spiro atoms. The molecule has 0 bridgehead atoms. The first-order valence-corrected chi connectivity index (χ1v) is 29.8. The van der Waals surface area contributed by atoms with Crippen LogP contribution in [-0.2, 0) is 0 Å². The minimum Gasteiger partial charge on any atom is -0.311 e. The summed E-state index contributed by atoms with van der Waals surface area (Å²) >= 11 is 0. The fourth-order valence-electron chi connectivity index (χ4n) is 15.5. The van der Waals surface area contributed by atoms with Crippen LogP contribution in [0.1, 0.15) is 0 Å². The predicted molar refractivity (Wildman–Crippen MR) is 363 cm³/mol. The lowest BCUT2D eigenvalue weighted by molar-refractivity contribution is 1.18. The zero-order valence-electron chi connectivity index (χ0n) is 46.7. The van der Waals surface area contributed by atoms with Gasteiger partial charge in [-0.2, -0.15) is 0 Å². The third-order valence-electron chi connectivity index (χ3n) is 18.8. The second kappa shape index (κ2) is 18.1. The zero-order valence-corrected chi connectivity index (χ0v) is 46.7. The molecule has 19 rings (SSSR count). The second-order valence-corrected chi connectivity index (χ2v) is 23.1. The average Bonchev–Trinajstić information content (AvgIpc) is 1.47. The molecular weight excluding hydrogens is 1040 g/mol. The lowest BCUT2D eigenvalue weighted by Gasteiger charge is -2.41. The van der Waals surface area contributed by atoms with Crippen LogP contribution >= 0.6 is 0 Å². The molecule has 398 valence electrons. The van der Waals surface area contributed by atoms with Gasteiger partial charge in [-0.05, 0) is 154 Å². The number of nitrogens with zero attached hydrogens (tertiary/aromatic N) is 6. The van der Waals surface area contributed by atoms with Crippen molar-refractivity contribution < 1.29 is 0 Å². The van der Waals surface area contributed by atoms with Crippen molar-refractivity contribution in [2.75, 3.05) is 19.6 Å². The van der Waals surface area contributed by atoms with Crippen LogP contribution in [0, 0.1) is 0 Å². The van der Waals surface area contributed by atoms with Gasteiger partial charge in [0.15, 0.2) is 0 Å². The maximum Gasteiger partial charge on any atom is 0.252 e. The van der Waals surface area contributed by atoms with Gasteiger partial charge in [0.1, 0.15) is 0 Å². The van der Waals surface area contributed by atoms with Crippen LogP contribution in [0.2, 0.25) is 0 Å². The summed E-state index contributed by atoms with van der Waals surface area (Å²) in [4.78, 5) is 10.1. The van der Waals surface area contributed by atoms with Crippen molar-refractivity contribution >= 4 is 158 Å². The van der Waals surface area contributed by atoms with Gasteiger partial charge in [-0.15, -0.1) is 0 Å². The van der Waals surface area contributed by atoms with E-state index in [2.05, 4.69) is 332 Å². The van der Waals surface area contributed by atoms with Gasteiger partial charge < -0.3 is 28.7 Å². The number of hydrogen-bond acceptors (Lipinski definition) is 4. The second-order valence-electron chi connectivity index (χ2n) is 23.1. The van der Waals surface area contributed by atoms with Crippen LogP contribution in [0.15, 0.2) is 303 Å². The molecule has 0 amide bonds. The molecule has 4 aliphatic heterocycles. The number of hydrogen-bond donors (Lipinski definition) is 0. The third kappa shape index (κ3) is 6.47. The Morgan fingerprint density at radius 1 is 0.256 bits per heavy atom. The van der Waals surface area contributed by atoms with Crippen molar-refractivity contribution in [1.82, 2.24) is 9.13 Å². The topological polar surface area (TPSA) is 22.8 Å². The van der Waals surface area contributed by atoms with E-state index in [1.165, 1.54) is 99.5 Å². The predicted octanol–water partition coefficient (Wildman–Crippen LogP) is 16.0. The van der Waals surface area contributed by atoms with E-state index in [9.17, 15) is 0 Å². The number of anilines is 12. The summed E-state index contributed by atoms with van der Waals surface area (Å²) in [5.74, 6) is 0. The first-order valence-electron chi connectivity index (χ1n) is 29.8. The lowest BCUT2D eigenvalue weighted by Crippen LogP contribution is -2.60. The first kappa shape index (κ1) is 47.3. The fourth-order valence-corrected chi connectivity index (χ4v) is 15.5. The van der Waals surface area contributed by atoms with Crippen LogP contribution in [0.3, 0.4) is 0 Å². The summed E-state index contributed by atoms with van der Waals surface area (Å²) in [6, 6.07) is 113. The zero-order chi connectivity index (χ0) is 56.1. The summed E-state index contributed by atoms with van der Waals surface area (Å²) in [5.41, 5.74) is 28.5. The standard InChI is InChI=1S/C78H50B2N6/c1-7-27-51(28-8-1)81(52-29-9-2-10-30-52)69-49-71-75-77-73(69)57-47-68-58(48-67(57)85(77)65-45-25-21-41-61(65)79(75)59-39-19-23-43-63(59)83(71)55-35-15-5-16-36-55)74-70(82(53-31-11-3-12-32-53)54-33-13-4-14-34-54)50-72-76-78(74)86(68)66-46-26-22-42-62(66)80(76)60-40-20-24-44-64(60)84(72)56-37-17-6-18-38-56/h1-50H. The SMILES string of the molecule is c1ccc(N2c3ccccc3B3c4ccccc4-n4c5cc6c7c(N(c8ccccc8)c8ccccc8)cc8c9c7n(c6cc5c5c(N(c6ccccc6)c6ccccc6)cc2c3c54)-c2ccccc2B9c2ccccc2N8c2ccccc2)cc1. The van der Waals surface area contributed by atoms with Gasteiger partial charge in [0, 0.05) is 89.8 Å². The van der Waals surface area contributed by atoms with Crippen molar-refractivity contribution in [2.45, 2.75) is 0 Å². The quantitative estimate of drug-likeness (QED) is 0.141. The molecule has 6 heterocycles. The van der Waals surface area contributed by atoms with Crippen molar-refractivity contribution in [3.63, 3.8) is 0 Å². The van der Waals surface area contributed by atoms with Gasteiger partial charge in [-0.3, -0.25) is 0 Å². The largest absolute Gasteiger partial charge is 0.311 e. The molecule has 0 unspecified atom stereocenters. The molecule has 4 aliphatic rings. The minimum absolute atomic E-state index is 0.0371. The van der Waals surface area contributed by atoms with Gasteiger partial charge in [0.05, 0.1) is 33.4 Å². The molecule has 0 N–H and O–H groups in total. The van der Waals surface area contributed by atoms with Gasteiger partial charge in [0.2, 0.25) is 0 Å². The maximum atomic E-state index is 2.65.